The lowest BCUT2D eigenvalue weighted by Crippen LogP contribution is -2.00. The minimum absolute atomic E-state index is 0.710. The molecule has 2 aromatic carbocycles. The van der Waals surface area contributed by atoms with Crippen molar-refractivity contribution in [2.75, 3.05) is 0 Å². The Bertz CT molecular complexity index is 432. The molecule has 0 saturated carbocycles. The van der Waals surface area contributed by atoms with E-state index in [9.17, 15) is 0 Å². The SMILES string of the molecule is Cc1cccc(OOc2cccc(C)c2)c1. The van der Waals surface area contributed by atoms with Gasteiger partial charge < -0.3 is 0 Å². The summed E-state index contributed by atoms with van der Waals surface area (Å²) in [4.78, 5) is 10.5. The summed E-state index contributed by atoms with van der Waals surface area (Å²) in [6, 6.07) is 15.5. The largest absolute Gasteiger partial charge is 0.290 e. The van der Waals surface area contributed by atoms with Crippen molar-refractivity contribution in [1.82, 2.24) is 0 Å². The highest BCUT2D eigenvalue weighted by atomic mass is 17.2. The van der Waals surface area contributed by atoms with E-state index in [0.717, 1.165) is 11.1 Å². The Kier molecular flexibility index (Phi) is 3.10. The maximum atomic E-state index is 5.23. The van der Waals surface area contributed by atoms with Crippen LogP contribution in [0.5, 0.6) is 11.5 Å². The third-order valence-corrected chi connectivity index (χ3v) is 2.21. The molecule has 0 saturated heterocycles. The van der Waals surface area contributed by atoms with Crippen molar-refractivity contribution < 1.29 is 9.78 Å². The van der Waals surface area contributed by atoms with Gasteiger partial charge in [-0.3, -0.25) is 9.78 Å². The fraction of sp³-hybridized carbons (Fsp3) is 0.143. The molecule has 16 heavy (non-hydrogen) atoms. The van der Waals surface area contributed by atoms with E-state index in [1.165, 1.54) is 0 Å². The van der Waals surface area contributed by atoms with Gasteiger partial charge in [-0.25, -0.2) is 0 Å². The number of aryl methyl sites for hydroxylation is 2. The van der Waals surface area contributed by atoms with Crippen molar-refractivity contribution >= 4 is 0 Å². The number of benzene rings is 2. The van der Waals surface area contributed by atoms with Gasteiger partial charge in [-0.05, 0) is 49.2 Å². The molecule has 0 heterocycles. The molecule has 2 aromatic rings. The molecular formula is C14H14O2. The normalized spacial score (nSPS) is 9.88. The van der Waals surface area contributed by atoms with Crippen LogP contribution < -0.4 is 9.78 Å². The lowest BCUT2D eigenvalue weighted by molar-refractivity contribution is -0.1000. The molecule has 0 radical (unpaired) electrons. The molecule has 0 spiro atoms. The minimum Gasteiger partial charge on any atom is -0.290 e. The highest BCUT2D eigenvalue weighted by molar-refractivity contribution is 5.29. The molecule has 82 valence electrons. The minimum atomic E-state index is 0.710. The fourth-order valence-electron chi connectivity index (χ4n) is 1.43. The Morgan fingerprint density at radius 1 is 0.688 bits per heavy atom. The van der Waals surface area contributed by atoms with Crippen molar-refractivity contribution in [3.63, 3.8) is 0 Å². The summed E-state index contributed by atoms with van der Waals surface area (Å²) in [5.41, 5.74) is 2.29. The third kappa shape index (κ3) is 2.76. The second kappa shape index (κ2) is 4.71. The van der Waals surface area contributed by atoms with E-state index in [-0.39, 0.29) is 0 Å². The molecule has 0 amide bonds. The molecule has 0 bridgehead atoms. The molecule has 2 heteroatoms. The predicted octanol–water partition coefficient (Wildman–Crippen LogP) is 3.68. The lowest BCUT2D eigenvalue weighted by Gasteiger charge is -2.06. The standard InChI is InChI=1S/C14H14O2/c1-11-5-3-7-13(9-11)15-16-14-8-4-6-12(2)10-14/h3-10H,1-2H3. The van der Waals surface area contributed by atoms with E-state index < -0.39 is 0 Å². The van der Waals surface area contributed by atoms with Gasteiger partial charge in [0.15, 0.2) is 11.5 Å². The zero-order valence-electron chi connectivity index (χ0n) is 9.44. The second-order valence-electron chi connectivity index (χ2n) is 3.80. The van der Waals surface area contributed by atoms with Crippen molar-refractivity contribution in [1.29, 1.82) is 0 Å². The topological polar surface area (TPSA) is 18.5 Å². The first-order valence-corrected chi connectivity index (χ1v) is 5.22. The maximum Gasteiger partial charge on any atom is 0.178 e. The van der Waals surface area contributed by atoms with Crippen LogP contribution in [0.15, 0.2) is 48.5 Å². The highest BCUT2D eigenvalue weighted by Gasteiger charge is 1.97. The number of rotatable bonds is 3. The van der Waals surface area contributed by atoms with E-state index >= 15 is 0 Å². The van der Waals surface area contributed by atoms with Crippen LogP contribution >= 0.6 is 0 Å². The molecule has 2 nitrogen and oxygen atoms in total. The zero-order chi connectivity index (χ0) is 11.4. The Morgan fingerprint density at radius 2 is 1.12 bits per heavy atom. The number of hydrogen-bond donors (Lipinski definition) is 0. The first-order chi connectivity index (χ1) is 7.74. The van der Waals surface area contributed by atoms with E-state index in [1.807, 2.05) is 62.4 Å². The number of hydrogen-bond acceptors (Lipinski definition) is 2. The average molecular weight is 214 g/mol. The van der Waals surface area contributed by atoms with Crippen LogP contribution in [0.2, 0.25) is 0 Å². The van der Waals surface area contributed by atoms with Gasteiger partial charge in [-0.1, -0.05) is 24.3 Å². The van der Waals surface area contributed by atoms with Crippen LogP contribution in [-0.2, 0) is 0 Å². The van der Waals surface area contributed by atoms with Gasteiger partial charge in [0, 0.05) is 0 Å². The Hall–Kier alpha value is -1.96. The first kappa shape index (κ1) is 10.6. The third-order valence-electron chi connectivity index (χ3n) is 2.21. The van der Waals surface area contributed by atoms with Gasteiger partial charge in [0.05, 0.1) is 0 Å². The molecule has 0 atom stereocenters. The van der Waals surface area contributed by atoms with Gasteiger partial charge in [-0.15, -0.1) is 0 Å². The van der Waals surface area contributed by atoms with Crippen molar-refractivity contribution in [3.8, 4) is 11.5 Å². The van der Waals surface area contributed by atoms with E-state index in [0.29, 0.717) is 11.5 Å². The van der Waals surface area contributed by atoms with E-state index in [4.69, 9.17) is 9.78 Å². The van der Waals surface area contributed by atoms with Gasteiger partial charge >= 0.3 is 0 Å². The van der Waals surface area contributed by atoms with Crippen LogP contribution in [0.25, 0.3) is 0 Å². The summed E-state index contributed by atoms with van der Waals surface area (Å²) in [5.74, 6) is 1.42. The van der Waals surface area contributed by atoms with Crippen molar-refractivity contribution in [3.05, 3.63) is 59.7 Å². The Labute approximate surface area is 95.4 Å². The molecule has 0 unspecified atom stereocenters. The van der Waals surface area contributed by atoms with Gasteiger partial charge in [0.25, 0.3) is 0 Å². The van der Waals surface area contributed by atoms with E-state index in [2.05, 4.69) is 0 Å². The molecule has 0 aromatic heterocycles. The van der Waals surface area contributed by atoms with Crippen molar-refractivity contribution in [2.24, 2.45) is 0 Å². The Balaban J connectivity index is 2.02. The molecule has 0 aliphatic rings. The molecule has 0 N–H and O–H groups in total. The molecule has 0 aliphatic heterocycles. The summed E-state index contributed by atoms with van der Waals surface area (Å²) < 4.78 is 0. The summed E-state index contributed by atoms with van der Waals surface area (Å²) >= 11 is 0. The summed E-state index contributed by atoms with van der Waals surface area (Å²) in [6.45, 7) is 4.03. The molecule has 0 fully saturated rings. The van der Waals surface area contributed by atoms with Crippen LogP contribution in [0.1, 0.15) is 11.1 Å². The predicted molar refractivity (Wildman–Crippen MR) is 63.6 cm³/mol. The quantitative estimate of drug-likeness (QED) is 0.573. The smallest absolute Gasteiger partial charge is 0.178 e. The lowest BCUT2D eigenvalue weighted by atomic mass is 10.2. The molecule has 0 aliphatic carbocycles. The average Bonchev–Trinajstić information content (AvgIpc) is 2.27. The van der Waals surface area contributed by atoms with E-state index in [1.54, 1.807) is 0 Å². The summed E-state index contributed by atoms with van der Waals surface area (Å²) in [6.07, 6.45) is 0. The maximum absolute atomic E-state index is 5.23. The molecular weight excluding hydrogens is 200 g/mol. The van der Waals surface area contributed by atoms with Gasteiger partial charge in [0.2, 0.25) is 0 Å². The first-order valence-electron chi connectivity index (χ1n) is 5.22. The van der Waals surface area contributed by atoms with Gasteiger partial charge in [-0.2, -0.15) is 0 Å². The zero-order valence-corrected chi connectivity index (χ0v) is 9.44. The Morgan fingerprint density at radius 3 is 1.50 bits per heavy atom. The summed E-state index contributed by atoms with van der Waals surface area (Å²) in [7, 11) is 0. The van der Waals surface area contributed by atoms with Gasteiger partial charge in [0.1, 0.15) is 0 Å². The second-order valence-corrected chi connectivity index (χ2v) is 3.80. The monoisotopic (exact) mass is 214 g/mol. The van der Waals surface area contributed by atoms with Crippen molar-refractivity contribution in [2.45, 2.75) is 13.8 Å². The fourth-order valence-corrected chi connectivity index (χ4v) is 1.43. The highest BCUT2D eigenvalue weighted by Crippen LogP contribution is 2.16. The van der Waals surface area contributed by atoms with Crippen LogP contribution in [0.4, 0.5) is 0 Å². The van der Waals surface area contributed by atoms with Crippen LogP contribution in [-0.4, -0.2) is 0 Å². The summed E-state index contributed by atoms with van der Waals surface area (Å²) in [5, 5.41) is 0. The van der Waals surface area contributed by atoms with Crippen LogP contribution in [0.3, 0.4) is 0 Å². The van der Waals surface area contributed by atoms with Crippen LogP contribution in [0, 0.1) is 13.8 Å². The molecule has 2 rings (SSSR count).